The quantitative estimate of drug-likeness (QED) is 0.812. The fraction of sp³-hybridized carbons (Fsp3) is 0.571. The van der Waals surface area contributed by atoms with Gasteiger partial charge in [0.2, 0.25) is 0 Å². The average molecular weight is 256 g/mol. The van der Waals surface area contributed by atoms with Crippen LogP contribution in [0.3, 0.4) is 0 Å². The Kier molecular flexibility index (Phi) is 2.49. The van der Waals surface area contributed by atoms with Gasteiger partial charge in [0, 0.05) is 0 Å². The molecule has 18 heavy (non-hydrogen) atoms. The van der Waals surface area contributed by atoms with Crippen molar-refractivity contribution in [1.82, 2.24) is 0 Å². The SMILES string of the molecule is OC1(c2ccccc2C(F)(F)F)C2CCCCC21. The lowest BCUT2D eigenvalue weighted by Gasteiger charge is -2.18. The number of halogens is 3. The molecule has 2 unspecified atom stereocenters. The van der Waals surface area contributed by atoms with E-state index in [2.05, 4.69) is 0 Å². The molecule has 1 aromatic carbocycles. The van der Waals surface area contributed by atoms with Crippen LogP contribution in [-0.2, 0) is 11.8 Å². The van der Waals surface area contributed by atoms with E-state index in [1.54, 1.807) is 6.07 Å². The maximum Gasteiger partial charge on any atom is 0.416 e. The Morgan fingerprint density at radius 1 is 1.06 bits per heavy atom. The van der Waals surface area contributed by atoms with E-state index in [4.69, 9.17) is 0 Å². The maximum absolute atomic E-state index is 13.0. The van der Waals surface area contributed by atoms with Gasteiger partial charge in [0.25, 0.3) is 0 Å². The number of hydrogen-bond acceptors (Lipinski definition) is 1. The van der Waals surface area contributed by atoms with E-state index in [-0.39, 0.29) is 17.4 Å². The summed E-state index contributed by atoms with van der Waals surface area (Å²) in [4.78, 5) is 0. The first-order valence-electron chi connectivity index (χ1n) is 6.35. The van der Waals surface area contributed by atoms with Gasteiger partial charge in [-0.15, -0.1) is 0 Å². The first-order valence-corrected chi connectivity index (χ1v) is 6.35. The van der Waals surface area contributed by atoms with E-state index >= 15 is 0 Å². The molecule has 1 aromatic rings. The van der Waals surface area contributed by atoms with Gasteiger partial charge in [0.05, 0.1) is 11.2 Å². The predicted octanol–water partition coefficient (Wildman–Crippen LogP) is 3.71. The summed E-state index contributed by atoms with van der Waals surface area (Å²) in [7, 11) is 0. The molecule has 4 heteroatoms. The molecule has 3 rings (SSSR count). The van der Waals surface area contributed by atoms with E-state index in [0.717, 1.165) is 31.7 Å². The highest BCUT2D eigenvalue weighted by Crippen LogP contribution is 2.65. The normalized spacial score (nSPS) is 35.1. The van der Waals surface area contributed by atoms with Crippen LogP contribution in [0.5, 0.6) is 0 Å². The Balaban J connectivity index is 2.03. The number of fused-ring (bicyclic) bond motifs is 1. The van der Waals surface area contributed by atoms with E-state index in [1.165, 1.54) is 12.1 Å². The minimum absolute atomic E-state index is 0.0229. The van der Waals surface area contributed by atoms with Gasteiger partial charge in [0.1, 0.15) is 0 Å². The molecule has 0 heterocycles. The fourth-order valence-corrected chi connectivity index (χ4v) is 3.57. The molecule has 2 atom stereocenters. The van der Waals surface area contributed by atoms with Crippen LogP contribution in [0, 0.1) is 11.8 Å². The Morgan fingerprint density at radius 3 is 2.17 bits per heavy atom. The summed E-state index contributed by atoms with van der Waals surface area (Å²) in [6.45, 7) is 0. The minimum Gasteiger partial charge on any atom is -0.385 e. The van der Waals surface area contributed by atoms with Crippen LogP contribution in [0.25, 0.3) is 0 Å². The Bertz CT molecular complexity index is 454. The second-order valence-corrected chi connectivity index (χ2v) is 5.37. The minimum atomic E-state index is -4.39. The van der Waals surface area contributed by atoms with Crippen LogP contribution in [-0.4, -0.2) is 5.11 Å². The first kappa shape index (κ1) is 12.0. The van der Waals surface area contributed by atoms with Crippen LogP contribution in [0.1, 0.15) is 36.8 Å². The summed E-state index contributed by atoms with van der Waals surface area (Å²) in [6.07, 6.45) is -0.686. The Morgan fingerprint density at radius 2 is 1.61 bits per heavy atom. The summed E-state index contributed by atoms with van der Waals surface area (Å²) >= 11 is 0. The Hall–Kier alpha value is -1.03. The zero-order chi connectivity index (χ0) is 13.0. The van der Waals surface area contributed by atoms with Crippen molar-refractivity contribution in [3.63, 3.8) is 0 Å². The van der Waals surface area contributed by atoms with Crippen LogP contribution in [0.4, 0.5) is 13.2 Å². The zero-order valence-corrected chi connectivity index (χ0v) is 9.87. The van der Waals surface area contributed by atoms with E-state index in [9.17, 15) is 18.3 Å². The van der Waals surface area contributed by atoms with E-state index in [0.29, 0.717) is 0 Å². The van der Waals surface area contributed by atoms with Crippen molar-refractivity contribution in [2.24, 2.45) is 11.8 Å². The van der Waals surface area contributed by atoms with Gasteiger partial charge in [-0.3, -0.25) is 0 Å². The number of benzene rings is 1. The molecular formula is C14H15F3O. The Labute approximate surface area is 104 Å². The van der Waals surface area contributed by atoms with Crippen LogP contribution < -0.4 is 0 Å². The topological polar surface area (TPSA) is 20.2 Å². The highest BCUT2D eigenvalue weighted by Gasteiger charge is 2.66. The van der Waals surface area contributed by atoms with E-state index in [1.807, 2.05) is 0 Å². The third kappa shape index (κ3) is 1.58. The molecule has 2 aliphatic rings. The summed E-state index contributed by atoms with van der Waals surface area (Å²) in [5.41, 5.74) is -1.83. The predicted molar refractivity (Wildman–Crippen MR) is 60.8 cm³/mol. The van der Waals surface area contributed by atoms with Gasteiger partial charge in [-0.2, -0.15) is 13.2 Å². The molecule has 0 aromatic heterocycles. The van der Waals surface area contributed by atoms with E-state index < -0.39 is 17.3 Å². The summed E-state index contributed by atoms with van der Waals surface area (Å²) in [5, 5.41) is 10.6. The molecule has 0 bridgehead atoms. The van der Waals surface area contributed by atoms with Crippen molar-refractivity contribution < 1.29 is 18.3 Å². The van der Waals surface area contributed by atoms with Crippen molar-refractivity contribution in [1.29, 1.82) is 0 Å². The van der Waals surface area contributed by atoms with Gasteiger partial charge < -0.3 is 5.11 Å². The molecule has 0 radical (unpaired) electrons. The van der Waals surface area contributed by atoms with Crippen molar-refractivity contribution in [3.8, 4) is 0 Å². The largest absolute Gasteiger partial charge is 0.416 e. The molecule has 2 saturated carbocycles. The van der Waals surface area contributed by atoms with Crippen molar-refractivity contribution in [3.05, 3.63) is 35.4 Å². The molecule has 0 spiro atoms. The van der Waals surface area contributed by atoms with Crippen LogP contribution in [0.15, 0.2) is 24.3 Å². The van der Waals surface area contributed by atoms with Crippen molar-refractivity contribution in [2.75, 3.05) is 0 Å². The summed E-state index contributed by atoms with van der Waals surface area (Å²) < 4.78 is 38.9. The van der Waals surface area contributed by atoms with Crippen LogP contribution in [0.2, 0.25) is 0 Å². The molecule has 2 fully saturated rings. The lowest BCUT2D eigenvalue weighted by Crippen LogP contribution is -2.18. The standard InChI is InChI=1S/C14H15F3O/c15-14(16,17)12-8-4-3-7-11(12)13(18)9-5-1-2-6-10(9)13/h3-4,7-10,18H,1-2,5-6H2. The smallest absolute Gasteiger partial charge is 0.385 e. The number of rotatable bonds is 1. The number of hydrogen-bond donors (Lipinski definition) is 1. The lowest BCUT2D eigenvalue weighted by molar-refractivity contribution is -0.139. The summed E-state index contributed by atoms with van der Waals surface area (Å²) in [6, 6.07) is 5.45. The molecule has 0 aliphatic heterocycles. The van der Waals surface area contributed by atoms with Gasteiger partial charge in [-0.05, 0) is 36.3 Å². The molecule has 1 N–H and O–H groups in total. The highest BCUT2D eigenvalue weighted by molar-refractivity contribution is 5.41. The van der Waals surface area contributed by atoms with Crippen molar-refractivity contribution in [2.45, 2.75) is 37.5 Å². The average Bonchev–Trinajstić information content (AvgIpc) is 2.96. The molecule has 0 saturated heterocycles. The number of alkyl halides is 3. The highest BCUT2D eigenvalue weighted by atomic mass is 19.4. The zero-order valence-electron chi connectivity index (χ0n) is 9.87. The molecule has 1 nitrogen and oxygen atoms in total. The second-order valence-electron chi connectivity index (χ2n) is 5.37. The molecule has 0 amide bonds. The molecule has 98 valence electrons. The third-order valence-electron chi connectivity index (χ3n) is 4.45. The van der Waals surface area contributed by atoms with Gasteiger partial charge in [0.15, 0.2) is 0 Å². The number of aliphatic hydroxyl groups is 1. The second kappa shape index (κ2) is 3.73. The fourth-order valence-electron chi connectivity index (χ4n) is 3.57. The maximum atomic E-state index is 13.0. The van der Waals surface area contributed by atoms with Gasteiger partial charge >= 0.3 is 6.18 Å². The summed E-state index contributed by atoms with van der Waals surface area (Å²) in [5.74, 6) is 0.0458. The third-order valence-corrected chi connectivity index (χ3v) is 4.45. The van der Waals surface area contributed by atoms with Gasteiger partial charge in [-0.25, -0.2) is 0 Å². The lowest BCUT2D eigenvalue weighted by atomic mass is 9.97. The van der Waals surface area contributed by atoms with Crippen molar-refractivity contribution >= 4 is 0 Å². The molecule has 2 aliphatic carbocycles. The monoisotopic (exact) mass is 256 g/mol. The molecular weight excluding hydrogens is 241 g/mol. The van der Waals surface area contributed by atoms with Gasteiger partial charge in [-0.1, -0.05) is 31.0 Å². The van der Waals surface area contributed by atoms with Crippen LogP contribution >= 0.6 is 0 Å². The first-order chi connectivity index (χ1) is 8.45.